The molecule has 7 heteroatoms. The molecule has 2 aromatic carbocycles. The summed E-state index contributed by atoms with van der Waals surface area (Å²) in [6.07, 6.45) is 0.349. The van der Waals surface area contributed by atoms with Crippen molar-refractivity contribution in [2.75, 3.05) is 17.7 Å². The number of urea groups is 1. The topological polar surface area (TPSA) is 61.4 Å². The van der Waals surface area contributed by atoms with Gasteiger partial charge >= 0.3 is 6.03 Å². The zero-order chi connectivity index (χ0) is 20.6. The molecule has 148 valence electrons. The number of rotatable bonds is 3. The SMILES string of the molecule is Cc1cc(Cl)ccc1NC(=O)Nc1ccc(F)c(C2N(C)C(=O)CC2(C)C)c1. The van der Waals surface area contributed by atoms with Gasteiger partial charge in [0.25, 0.3) is 0 Å². The second kappa shape index (κ2) is 7.43. The number of anilines is 2. The summed E-state index contributed by atoms with van der Waals surface area (Å²) in [5.41, 5.74) is 1.89. The van der Waals surface area contributed by atoms with Crippen molar-refractivity contribution in [2.45, 2.75) is 33.2 Å². The minimum Gasteiger partial charge on any atom is -0.338 e. The Hall–Kier alpha value is -2.60. The molecule has 0 spiro atoms. The van der Waals surface area contributed by atoms with Crippen LogP contribution in [0, 0.1) is 18.2 Å². The molecule has 0 radical (unpaired) electrons. The van der Waals surface area contributed by atoms with E-state index >= 15 is 0 Å². The summed E-state index contributed by atoms with van der Waals surface area (Å²) in [5, 5.41) is 6.07. The fraction of sp³-hybridized carbons (Fsp3) is 0.333. The van der Waals surface area contributed by atoms with Crippen LogP contribution in [-0.4, -0.2) is 23.9 Å². The minimum absolute atomic E-state index is 0.0243. The molecular weight excluding hydrogens is 381 g/mol. The van der Waals surface area contributed by atoms with Crippen LogP contribution >= 0.6 is 11.6 Å². The molecule has 0 aromatic heterocycles. The van der Waals surface area contributed by atoms with Crippen LogP contribution in [0.2, 0.25) is 5.02 Å². The van der Waals surface area contributed by atoms with Gasteiger partial charge in [-0.1, -0.05) is 25.4 Å². The van der Waals surface area contributed by atoms with Gasteiger partial charge in [-0.05, 0) is 54.3 Å². The quantitative estimate of drug-likeness (QED) is 0.724. The first-order valence-corrected chi connectivity index (χ1v) is 9.35. The van der Waals surface area contributed by atoms with Crippen molar-refractivity contribution in [2.24, 2.45) is 5.41 Å². The van der Waals surface area contributed by atoms with Crippen molar-refractivity contribution in [3.05, 3.63) is 58.4 Å². The molecule has 1 heterocycles. The lowest BCUT2D eigenvalue weighted by Crippen LogP contribution is -2.28. The Labute approximate surface area is 168 Å². The summed E-state index contributed by atoms with van der Waals surface area (Å²) in [6, 6.07) is 8.71. The fourth-order valence-corrected chi connectivity index (χ4v) is 4.02. The minimum atomic E-state index is -0.446. The highest BCUT2D eigenvalue weighted by Crippen LogP contribution is 2.47. The Morgan fingerprint density at radius 1 is 1.21 bits per heavy atom. The number of hydrogen-bond donors (Lipinski definition) is 2. The second-order valence-corrected chi connectivity index (χ2v) is 8.28. The van der Waals surface area contributed by atoms with Crippen LogP contribution in [0.3, 0.4) is 0 Å². The van der Waals surface area contributed by atoms with Crippen molar-refractivity contribution in [1.29, 1.82) is 0 Å². The highest BCUT2D eigenvalue weighted by Gasteiger charge is 2.45. The van der Waals surface area contributed by atoms with Crippen LogP contribution in [0.1, 0.15) is 37.4 Å². The summed E-state index contributed by atoms with van der Waals surface area (Å²) in [6.45, 7) is 5.72. The Morgan fingerprint density at radius 3 is 2.54 bits per heavy atom. The van der Waals surface area contributed by atoms with Gasteiger partial charge in [0.1, 0.15) is 5.82 Å². The maximum atomic E-state index is 14.6. The fourth-order valence-electron chi connectivity index (χ4n) is 3.79. The molecule has 3 amide bonds. The lowest BCUT2D eigenvalue weighted by molar-refractivity contribution is -0.127. The van der Waals surface area contributed by atoms with E-state index in [1.807, 2.05) is 20.8 Å². The van der Waals surface area contributed by atoms with Crippen molar-refractivity contribution in [3.63, 3.8) is 0 Å². The Kier molecular flexibility index (Phi) is 5.35. The average Bonchev–Trinajstić information content (AvgIpc) is 2.79. The molecule has 2 N–H and O–H groups in total. The lowest BCUT2D eigenvalue weighted by Gasteiger charge is -2.31. The van der Waals surface area contributed by atoms with E-state index in [9.17, 15) is 14.0 Å². The first-order chi connectivity index (χ1) is 13.1. The van der Waals surface area contributed by atoms with Crippen LogP contribution in [0.15, 0.2) is 36.4 Å². The molecular formula is C21H23ClFN3O2. The Balaban J connectivity index is 1.81. The van der Waals surface area contributed by atoms with Crippen molar-refractivity contribution in [3.8, 4) is 0 Å². The molecule has 1 fully saturated rings. The van der Waals surface area contributed by atoms with Gasteiger partial charge in [-0.3, -0.25) is 4.79 Å². The normalized spacial score (nSPS) is 18.3. The molecule has 2 aromatic rings. The van der Waals surface area contributed by atoms with Gasteiger partial charge in [-0.25, -0.2) is 9.18 Å². The summed E-state index contributed by atoms with van der Waals surface area (Å²) in [4.78, 5) is 26.1. The van der Waals surface area contributed by atoms with Crippen LogP contribution < -0.4 is 10.6 Å². The zero-order valence-corrected chi connectivity index (χ0v) is 17.0. The number of carbonyl (C=O) groups excluding carboxylic acids is 2. The van der Waals surface area contributed by atoms with E-state index in [4.69, 9.17) is 11.6 Å². The van der Waals surface area contributed by atoms with Gasteiger partial charge in [-0.15, -0.1) is 0 Å². The maximum absolute atomic E-state index is 14.6. The van der Waals surface area contributed by atoms with Gasteiger partial charge in [-0.2, -0.15) is 0 Å². The van der Waals surface area contributed by atoms with E-state index in [0.29, 0.717) is 28.4 Å². The summed E-state index contributed by atoms with van der Waals surface area (Å²) in [7, 11) is 1.68. The molecule has 1 unspecified atom stereocenters. The number of aryl methyl sites for hydroxylation is 1. The third kappa shape index (κ3) is 3.97. The van der Waals surface area contributed by atoms with E-state index in [1.165, 1.54) is 12.1 Å². The molecule has 3 rings (SSSR count). The molecule has 1 aliphatic rings. The molecule has 1 atom stereocenters. The summed E-state index contributed by atoms with van der Waals surface area (Å²) >= 11 is 5.93. The largest absolute Gasteiger partial charge is 0.338 e. The number of nitrogens with one attached hydrogen (secondary N) is 2. The lowest BCUT2D eigenvalue weighted by atomic mass is 9.80. The number of nitrogens with zero attached hydrogens (tertiary/aromatic N) is 1. The Morgan fingerprint density at radius 2 is 1.93 bits per heavy atom. The van der Waals surface area contributed by atoms with E-state index in [-0.39, 0.29) is 5.91 Å². The van der Waals surface area contributed by atoms with Crippen molar-refractivity contribution >= 4 is 34.9 Å². The maximum Gasteiger partial charge on any atom is 0.323 e. The molecule has 1 aliphatic heterocycles. The molecule has 5 nitrogen and oxygen atoms in total. The van der Waals surface area contributed by atoms with Crippen molar-refractivity contribution in [1.82, 2.24) is 4.90 Å². The smallest absolute Gasteiger partial charge is 0.323 e. The summed E-state index contributed by atoms with van der Waals surface area (Å²) < 4.78 is 14.6. The number of likely N-dealkylation sites (tertiary alicyclic amines) is 1. The summed E-state index contributed by atoms with van der Waals surface area (Å²) in [5.74, 6) is -0.428. The molecule has 28 heavy (non-hydrogen) atoms. The molecule has 1 saturated heterocycles. The van der Waals surface area contributed by atoms with Crippen molar-refractivity contribution < 1.29 is 14.0 Å². The second-order valence-electron chi connectivity index (χ2n) is 7.85. The number of halogens is 2. The third-order valence-electron chi connectivity index (χ3n) is 5.11. The highest BCUT2D eigenvalue weighted by molar-refractivity contribution is 6.30. The zero-order valence-electron chi connectivity index (χ0n) is 16.3. The third-order valence-corrected chi connectivity index (χ3v) is 5.35. The van der Waals surface area contributed by atoms with Gasteiger partial charge in [0, 0.05) is 35.4 Å². The number of hydrogen-bond acceptors (Lipinski definition) is 2. The van der Waals surface area contributed by atoms with Gasteiger partial charge in [0.15, 0.2) is 0 Å². The number of amides is 3. The monoisotopic (exact) mass is 403 g/mol. The van der Waals surface area contributed by atoms with Gasteiger partial charge < -0.3 is 15.5 Å². The predicted octanol–water partition coefficient (Wildman–Crippen LogP) is 5.36. The van der Waals surface area contributed by atoms with E-state index in [1.54, 1.807) is 36.2 Å². The standard InChI is InChI=1S/C21H23ClFN3O2/c1-12-9-13(22)5-8-17(12)25-20(28)24-14-6-7-16(23)15(10-14)19-21(2,3)11-18(27)26(19)4/h5-10,19H,11H2,1-4H3,(H2,24,25,28). The Bertz CT molecular complexity index is 945. The predicted molar refractivity (Wildman–Crippen MR) is 109 cm³/mol. The highest BCUT2D eigenvalue weighted by atomic mass is 35.5. The molecule has 0 saturated carbocycles. The number of benzene rings is 2. The van der Waals surface area contributed by atoms with Gasteiger partial charge in [0.05, 0.1) is 6.04 Å². The molecule has 0 bridgehead atoms. The average molecular weight is 404 g/mol. The molecule has 0 aliphatic carbocycles. The first-order valence-electron chi connectivity index (χ1n) is 8.98. The van der Waals surface area contributed by atoms with E-state index in [2.05, 4.69) is 10.6 Å². The van der Waals surface area contributed by atoms with Crippen LogP contribution in [0.25, 0.3) is 0 Å². The van der Waals surface area contributed by atoms with Crippen LogP contribution in [0.4, 0.5) is 20.6 Å². The van der Waals surface area contributed by atoms with E-state index in [0.717, 1.165) is 5.56 Å². The van der Waals surface area contributed by atoms with E-state index < -0.39 is 23.3 Å². The number of carbonyl (C=O) groups is 2. The van der Waals surface area contributed by atoms with Crippen LogP contribution in [0.5, 0.6) is 0 Å². The van der Waals surface area contributed by atoms with Crippen LogP contribution in [-0.2, 0) is 4.79 Å². The van der Waals surface area contributed by atoms with Gasteiger partial charge in [0.2, 0.25) is 5.91 Å². The first kappa shape index (κ1) is 20.1.